The van der Waals surface area contributed by atoms with Gasteiger partial charge < -0.3 is 16.0 Å². The molecule has 2 heterocycles. The highest BCUT2D eigenvalue weighted by atomic mass is 16.2. The number of carbonyl (C=O) groups excluding carboxylic acids is 1. The van der Waals surface area contributed by atoms with E-state index in [4.69, 9.17) is 5.73 Å². The van der Waals surface area contributed by atoms with E-state index >= 15 is 0 Å². The Morgan fingerprint density at radius 2 is 2.56 bits per heavy atom. The first-order valence-electron chi connectivity index (χ1n) is 5.38. The average Bonchev–Trinajstić information content (AvgIpc) is 2.61. The second kappa shape index (κ2) is 4.49. The van der Waals surface area contributed by atoms with Crippen molar-refractivity contribution in [3.63, 3.8) is 0 Å². The zero-order valence-corrected chi connectivity index (χ0v) is 9.26. The molecular weight excluding hydrogens is 204 g/mol. The number of aromatic nitrogens is 1. The van der Waals surface area contributed by atoms with Gasteiger partial charge in [-0.25, -0.2) is 4.79 Å². The minimum atomic E-state index is -0.0499. The first-order valence-corrected chi connectivity index (χ1v) is 5.38. The summed E-state index contributed by atoms with van der Waals surface area (Å²) in [4.78, 5) is 17.4. The summed E-state index contributed by atoms with van der Waals surface area (Å²) < 4.78 is 0. The second-order valence-electron chi connectivity index (χ2n) is 4.17. The highest BCUT2D eigenvalue weighted by Crippen LogP contribution is 2.18. The summed E-state index contributed by atoms with van der Waals surface area (Å²) >= 11 is 0. The Labute approximate surface area is 94.6 Å². The minimum Gasteiger partial charge on any atom is -0.329 e. The number of nitrogens with one attached hydrogen (secondary N) is 1. The van der Waals surface area contributed by atoms with Gasteiger partial charge in [-0.05, 0) is 18.6 Å². The van der Waals surface area contributed by atoms with Crippen LogP contribution >= 0.6 is 0 Å². The van der Waals surface area contributed by atoms with E-state index in [1.807, 2.05) is 19.1 Å². The van der Waals surface area contributed by atoms with Crippen LogP contribution in [-0.2, 0) is 0 Å². The van der Waals surface area contributed by atoms with Gasteiger partial charge in [-0.2, -0.15) is 0 Å². The van der Waals surface area contributed by atoms with Crippen LogP contribution in [0.4, 0.5) is 4.79 Å². The third-order valence-electron chi connectivity index (χ3n) is 2.58. The Kier molecular flexibility index (Phi) is 3.05. The first kappa shape index (κ1) is 10.9. The molecule has 1 saturated heterocycles. The van der Waals surface area contributed by atoms with Crippen LogP contribution in [0.15, 0.2) is 24.5 Å². The molecule has 0 bridgehead atoms. The predicted octanol–water partition coefficient (Wildman–Crippen LogP) is 0.495. The standard InChI is InChI=1S/C11H16N4O/c1-8(12)6-15-7-10(14-11(15)16)9-3-2-4-13-5-9/h2-5,8,10H,6-7,12H2,1H3,(H,14,16). The summed E-state index contributed by atoms with van der Waals surface area (Å²) in [6.45, 7) is 3.14. The molecule has 0 radical (unpaired) electrons. The number of pyridine rings is 1. The molecule has 2 atom stereocenters. The highest BCUT2D eigenvalue weighted by Gasteiger charge is 2.29. The Hall–Kier alpha value is -1.62. The van der Waals surface area contributed by atoms with Gasteiger partial charge in [0.05, 0.1) is 6.04 Å². The topological polar surface area (TPSA) is 71.2 Å². The van der Waals surface area contributed by atoms with E-state index in [1.165, 1.54) is 0 Å². The van der Waals surface area contributed by atoms with Gasteiger partial charge >= 0.3 is 6.03 Å². The average molecular weight is 220 g/mol. The molecule has 0 aliphatic carbocycles. The van der Waals surface area contributed by atoms with Crippen LogP contribution in [0, 0.1) is 0 Å². The molecule has 86 valence electrons. The van der Waals surface area contributed by atoms with E-state index in [2.05, 4.69) is 10.3 Å². The van der Waals surface area contributed by atoms with Crippen molar-refractivity contribution in [2.75, 3.05) is 13.1 Å². The van der Waals surface area contributed by atoms with E-state index < -0.39 is 0 Å². The van der Waals surface area contributed by atoms with Crippen LogP contribution in [0.3, 0.4) is 0 Å². The lowest BCUT2D eigenvalue weighted by Gasteiger charge is -2.16. The third kappa shape index (κ3) is 2.30. The van der Waals surface area contributed by atoms with Gasteiger partial charge in [0, 0.05) is 31.5 Å². The zero-order valence-electron chi connectivity index (χ0n) is 9.26. The molecule has 2 rings (SSSR count). The van der Waals surface area contributed by atoms with Gasteiger partial charge in [0.1, 0.15) is 0 Å². The summed E-state index contributed by atoms with van der Waals surface area (Å²) in [5, 5.41) is 2.92. The molecule has 1 aliphatic rings. The maximum Gasteiger partial charge on any atom is 0.318 e. The van der Waals surface area contributed by atoms with Crippen LogP contribution in [0.1, 0.15) is 18.5 Å². The molecule has 5 heteroatoms. The summed E-state index contributed by atoms with van der Waals surface area (Å²) in [6, 6.07) is 3.81. The van der Waals surface area contributed by atoms with Crippen molar-refractivity contribution >= 4 is 6.03 Å². The predicted molar refractivity (Wildman–Crippen MR) is 60.7 cm³/mol. The van der Waals surface area contributed by atoms with Crippen molar-refractivity contribution in [1.29, 1.82) is 0 Å². The summed E-state index contributed by atoms with van der Waals surface area (Å²) in [7, 11) is 0. The molecular formula is C11H16N4O. The van der Waals surface area contributed by atoms with Crippen molar-refractivity contribution in [3.05, 3.63) is 30.1 Å². The Balaban J connectivity index is 2.04. The number of carbonyl (C=O) groups is 1. The van der Waals surface area contributed by atoms with Crippen LogP contribution in [0.5, 0.6) is 0 Å². The Morgan fingerprint density at radius 3 is 3.19 bits per heavy atom. The molecule has 16 heavy (non-hydrogen) atoms. The van der Waals surface area contributed by atoms with Gasteiger partial charge in [-0.3, -0.25) is 4.98 Å². The Bertz CT molecular complexity index is 366. The fraction of sp³-hybridized carbons (Fsp3) is 0.455. The van der Waals surface area contributed by atoms with Crippen LogP contribution in [0.2, 0.25) is 0 Å². The van der Waals surface area contributed by atoms with Crippen LogP contribution in [-0.4, -0.2) is 35.0 Å². The molecule has 1 aromatic heterocycles. The molecule has 5 nitrogen and oxygen atoms in total. The SMILES string of the molecule is CC(N)CN1CC(c2cccnc2)NC1=O. The van der Waals surface area contributed by atoms with E-state index in [0.29, 0.717) is 13.1 Å². The second-order valence-corrected chi connectivity index (χ2v) is 4.17. The number of urea groups is 1. The van der Waals surface area contributed by atoms with Crippen molar-refractivity contribution in [2.45, 2.75) is 19.0 Å². The fourth-order valence-corrected chi connectivity index (χ4v) is 1.87. The van der Waals surface area contributed by atoms with Crippen molar-refractivity contribution in [2.24, 2.45) is 5.73 Å². The number of rotatable bonds is 3. The molecule has 3 N–H and O–H groups in total. The normalized spacial score (nSPS) is 22.0. The number of amides is 2. The lowest BCUT2D eigenvalue weighted by atomic mass is 10.1. The molecule has 1 aromatic rings. The first-order chi connectivity index (χ1) is 7.66. The quantitative estimate of drug-likeness (QED) is 0.779. The maximum atomic E-state index is 11.6. The number of hydrogen-bond donors (Lipinski definition) is 2. The van der Waals surface area contributed by atoms with Crippen molar-refractivity contribution in [3.8, 4) is 0 Å². The Morgan fingerprint density at radius 1 is 1.75 bits per heavy atom. The van der Waals surface area contributed by atoms with Crippen LogP contribution < -0.4 is 11.1 Å². The van der Waals surface area contributed by atoms with E-state index in [-0.39, 0.29) is 18.1 Å². The van der Waals surface area contributed by atoms with E-state index in [0.717, 1.165) is 5.56 Å². The number of nitrogens with zero attached hydrogens (tertiary/aromatic N) is 2. The fourth-order valence-electron chi connectivity index (χ4n) is 1.87. The lowest BCUT2D eigenvalue weighted by Crippen LogP contribution is -2.37. The van der Waals surface area contributed by atoms with E-state index in [9.17, 15) is 4.79 Å². The van der Waals surface area contributed by atoms with Gasteiger partial charge in [0.25, 0.3) is 0 Å². The smallest absolute Gasteiger partial charge is 0.318 e. The summed E-state index contributed by atoms with van der Waals surface area (Å²) in [5.41, 5.74) is 6.72. The molecule has 0 aromatic carbocycles. The molecule has 0 spiro atoms. The van der Waals surface area contributed by atoms with Gasteiger partial charge in [0.15, 0.2) is 0 Å². The van der Waals surface area contributed by atoms with Gasteiger partial charge in [-0.15, -0.1) is 0 Å². The van der Waals surface area contributed by atoms with Gasteiger partial charge in [-0.1, -0.05) is 6.07 Å². The maximum absolute atomic E-state index is 11.6. The third-order valence-corrected chi connectivity index (χ3v) is 2.58. The van der Waals surface area contributed by atoms with Crippen molar-refractivity contribution in [1.82, 2.24) is 15.2 Å². The number of hydrogen-bond acceptors (Lipinski definition) is 3. The number of nitrogens with two attached hydrogens (primary N) is 1. The molecule has 1 aliphatic heterocycles. The molecule has 0 saturated carbocycles. The largest absolute Gasteiger partial charge is 0.329 e. The summed E-state index contributed by atoms with van der Waals surface area (Å²) in [5.74, 6) is 0. The molecule has 2 unspecified atom stereocenters. The molecule has 1 fully saturated rings. The minimum absolute atomic E-state index is 0.00148. The molecule has 2 amide bonds. The van der Waals surface area contributed by atoms with Crippen LogP contribution in [0.25, 0.3) is 0 Å². The zero-order chi connectivity index (χ0) is 11.5. The van der Waals surface area contributed by atoms with E-state index in [1.54, 1.807) is 17.3 Å². The van der Waals surface area contributed by atoms with Crippen molar-refractivity contribution < 1.29 is 4.79 Å². The monoisotopic (exact) mass is 220 g/mol. The highest BCUT2D eigenvalue weighted by molar-refractivity contribution is 5.77. The van der Waals surface area contributed by atoms with Gasteiger partial charge in [0.2, 0.25) is 0 Å². The summed E-state index contributed by atoms with van der Waals surface area (Å²) in [6.07, 6.45) is 3.50. The lowest BCUT2D eigenvalue weighted by molar-refractivity contribution is 0.215.